The number of nitrogens with one attached hydrogen (secondary N) is 1. The molecule has 0 spiro atoms. The molecule has 0 saturated carbocycles. The minimum absolute atomic E-state index is 0.0703. The molecule has 9 heteroatoms. The third-order valence-electron chi connectivity index (χ3n) is 6.47. The van der Waals surface area contributed by atoms with Gasteiger partial charge < -0.3 is 10.2 Å². The van der Waals surface area contributed by atoms with Crippen molar-refractivity contribution in [1.82, 2.24) is 4.31 Å². The summed E-state index contributed by atoms with van der Waals surface area (Å²) in [5.74, 6) is -0.488. The zero-order valence-corrected chi connectivity index (χ0v) is 21.2. The third kappa shape index (κ3) is 4.72. The van der Waals surface area contributed by atoms with Crippen molar-refractivity contribution in [2.45, 2.75) is 44.4 Å². The molecule has 0 aliphatic carbocycles. The molecule has 4 rings (SSSR count). The van der Waals surface area contributed by atoms with Gasteiger partial charge in [0.15, 0.2) is 0 Å². The summed E-state index contributed by atoms with van der Waals surface area (Å²) >= 11 is 3.42. The van der Waals surface area contributed by atoms with Gasteiger partial charge in [-0.15, -0.1) is 0 Å². The summed E-state index contributed by atoms with van der Waals surface area (Å²) in [4.78, 5) is 26.7. The number of hydrogen-bond acceptors (Lipinski definition) is 4. The van der Waals surface area contributed by atoms with E-state index in [1.54, 1.807) is 11.0 Å². The van der Waals surface area contributed by atoms with Gasteiger partial charge in [0.2, 0.25) is 21.8 Å². The Kier molecular flexibility index (Phi) is 6.93. The molecule has 0 aromatic heterocycles. The van der Waals surface area contributed by atoms with Gasteiger partial charge in [-0.25, -0.2) is 8.42 Å². The van der Waals surface area contributed by atoms with Crippen LogP contribution in [0.5, 0.6) is 0 Å². The second kappa shape index (κ2) is 9.56. The molecule has 7 nitrogen and oxygen atoms in total. The number of amides is 2. The van der Waals surface area contributed by atoms with Gasteiger partial charge in [0.1, 0.15) is 4.90 Å². The minimum Gasteiger partial charge on any atom is -0.326 e. The number of sulfonamides is 1. The van der Waals surface area contributed by atoms with Gasteiger partial charge in [-0.3, -0.25) is 9.59 Å². The standard InChI is InChI=1S/C24H28BrN3O4S/c1-3-17-6-4-5-7-21(17)26-24(30)18-8-11-27(12-9-18)33(31,32)22-15-20(25)14-19-10-13-28(16(2)29)23(19)22/h4-7,14-15,18H,3,8-13H2,1-2H3,(H,26,30). The van der Waals surface area contributed by atoms with Crippen LogP contribution < -0.4 is 10.2 Å². The van der Waals surface area contributed by atoms with Crippen LogP contribution in [0, 0.1) is 5.92 Å². The number of nitrogens with zero attached hydrogens (tertiary/aromatic N) is 2. The molecule has 0 bridgehead atoms. The molecule has 33 heavy (non-hydrogen) atoms. The van der Waals surface area contributed by atoms with Crippen LogP contribution in [0.15, 0.2) is 45.8 Å². The van der Waals surface area contributed by atoms with Crippen LogP contribution in [0.2, 0.25) is 0 Å². The van der Waals surface area contributed by atoms with Gasteiger partial charge in [0, 0.05) is 42.6 Å². The highest BCUT2D eigenvalue weighted by molar-refractivity contribution is 9.10. The van der Waals surface area contributed by atoms with E-state index in [1.807, 2.05) is 37.3 Å². The summed E-state index contributed by atoms with van der Waals surface area (Å²) in [6, 6.07) is 11.2. The molecule has 176 valence electrons. The number of fused-ring (bicyclic) bond motifs is 1. The maximum atomic E-state index is 13.6. The lowest BCUT2D eigenvalue weighted by Crippen LogP contribution is -2.42. The second-order valence-corrected chi connectivity index (χ2v) is 11.3. The fraction of sp³-hybridized carbons (Fsp3) is 0.417. The van der Waals surface area contributed by atoms with E-state index in [9.17, 15) is 18.0 Å². The highest BCUT2D eigenvalue weighted by atomic mass is 79.9. The Morgan fingerprint density at radius 2 is 1.82 bits per heavy atom. The summed E-state index contributed by atoms with van der Waals surface area (Å²) in [6.45, 7) is 4.49. The molecule has 2 aliphatic rings. The van der Waals surface area contributed by atoms with Gasteiger partial charge in [0.05, 0.1) is 5.69 Å². The predicted octanol–water partition coefficient (Wildman–Crippen LogP) is 3.96. The van der Waals surface area contributed by atoms with Crippen LogP contribution >= 0.6 is 15.9 Å². The van der Waals surface area contributed by atoms with E-state index in [2.05, 4.69) is 21.2 Å². The number of para-hydroxylation sites is 1. The SMILES string of the molecule is CCc1ccccc1NC(=O)C1CCN(S(=O)(=O)c2cc(Br)cc3c2N(C(C)=O)CC3)CC1. The summed E-state index contributed by atoms with van der Waals surface area (Å²) in [6.07, 6.45) is 2.34. The maximum absolute atomic E-state index is 13.6. The molecule has 2 aromatic rings. The number of carbonyl (C=O) groups is 2. The first kappa shape index (κ1) is 23.9. The normalized spacial score (nSPS) is 17.1. The minimum atomic E-state index is -3.82. The third-order valence-corrected chi connectivity index (χ3v) is 8.84. The first-order valence-corrected chi connectivity index (χ1v) is 13.4. The first-order valence-electron chi connectivity index (χ1n) is 11.2. The van der Waals surface area contributed by atoms with Gasteiger partial charge in [0.25, 0.3) is 0 Å². The Balaban J connectivity index is 1.50. The van der Waals surface area contributed by atoms with Crippen LogP contribution in [-0.4, -0.2) is 44.2 Å². The lowest BCUT2D eigenvalue weighted by molar-refractivity contribution is -0.121. The van der Waals surface area contributed by atoms with E-state index < -0.39 is 10.0 Å². The lowest BCUT2D eigenvalue weighted by atomic mass is 9.97. The quantitative estimate of drug-likeness (QED) is 0.630. The number of rotatable bonds is 5. The second-order valence-electron chi connectivity index (χ2n) is 8.51. The van der Waals surface area contributed by atoms with E-state index in [0.717, 1.165) is 23.2 Å². The van der Waals surface area contributed by atoms with Crippen molar-refractivity contribution < 1.29 is 18.0 Å². The van der Waals surface area contributed by atoms with E-state index in [0.29, 0.717) is 36.0 Å². The summed E-state index contributed by atoms with van der Waals surface area (Å²) in [5.41, 5.74) is 3.22. The van der Waals surface area contributed by atoms with Crippen LogP contribution in [0.4, 0.5) is 11.4 Å². The molecular formula is C24H28BrN3O4S. The van der Waals surface area contributed by atoms with Crippen LogP contribution in [0.3, 0.4) is 0 Å². The van der Waals surface area contributed by atoms with E-state index in [4.69, 9.17) is 0 Å². The van der Waals surface area contributed by atoms with Crippen LogP contribution in [0.25, 0.3) is 0 Å². The van der Waals surface area contributed by atoms with Crippen molar-refractivity contribution in [1.29, 1.82) is 0 Å². The fourth-order valence-electron chi connectivity index (χ4n) is 4.66. The van der Waals surface area contributed by atoms with E-state index >= 15 is 0 Å². The van der Waals surface area contributed by atoms with Crippen LogP contribution in [0.1, 0.15) is 37.8 Å². The maximum Gasteiger partial charge on any atom is 0.245 e. The van der Waals surface area contributed by atoms with Crippen molar-refractivity contribution in [3.05, 3.63) is 52.0 Å². The van der Waals surface area contributed by atoms with Gasteiger partial charge in [-0.2, -0.15) is 4.31 Å². The van der Waals surface area contributed by atoms with Gasteiger partial charge in [-0.05, 0) is 55.0 Å². The molecule has 0 radical (unpaired) electrons. The Morgan fingerprint density at radius 3 is 2.48 bits per heavy atom. The number of hydrogen-bond donors (Lipinski definition) is 1. The largest absolute Gasteiger partial charge is 0.326 e. The van der Waals surface area contributed by atoms with Crippen LogP contribution in [-0.2, 0) is 32.5 Å². The number of aryl methyl sites for hydroxylation is 1. The Labute approximate surface area is 203 Å². The Hall–Kier alpha value is -2.23. The van der Waals surface area contributed by atoms with E-state index in [1.165, 1.54) is 11.2 Å². The lowest BCUT2D eigenvalue weighted by Gasteiger charge is -2.31. The zero-order chi connectivity index (χ0) is 23.8. The molecule has 1 saturated heterocycles. The monoisotopic (exact) mass is 533 g/mol. The highest BCUT2D eigenvalue weighted by Gasteiger charge is 2.37. The number of halogens is 1. The van der Waals surface area contributed by atoms with Gasteiger partial charge >= 0.3 is 0 Å². The Bertz CT molecular complexity index is 1190. The number of carbonyl (C=O) groups excluding carboxylic acids is 2. The molecule has 1 fully saturated rings. The Morgan fingerprint density at radius 1 is 1.12 bits per heavy atom. The molecule has 2 amide bonds. The van der Waals surface area contributed by atoms with Crippen molar-refractivity contribution >= 4 is 49.1 Å². The van der Waals surface area contributed by atoms with Crippen molar-refractivity contribution in [2.24, 2.45) is 5.92 Å². The van der Waals surface area contributed by atoms with Crippen molar-refractivity contribution in [3.8, 4) is 0 Å². The van der Waals surface area contributed by atoms with Crippen molar-refractivity contribution in [2.75, 3.05) is 29.9 Å². The zero-order valence-electron chi connectivity index (χ0n) is 18.8. The smallest absolute Gasteiger partial charge is 0.245 e. The van der Waals surface area contributed by atoms with E-state index in [-0.39, 0.29) is 35.7 Å². The summed E-state index contributed by atoms with van der Waals surface area (Å²) in [7, 11) is -3.82. The molecule has 1 N–H and O–H groups in total. The molecule has 2 aliphatic heterocycles. The molecule has 2 aromatic carbocycles. The molecular weight excluding hydrogens is 506 g/mol. The van der Waals surface area contributed by atoms with Gasteiger partial charge in [-0.1, -0.05) is 41.1 Å². The number of anilines is 2. The summed E-state index contributed by atoms with van der Waals surface area (Å²) < 4.78 is 29.3. The van der Waals surface area contributed by atoms with Crippen molar-refractivity contribution in [3.63, 3.8) is 0 Å². The first-order chi connectivity index (χ1) is 15.7. The topological polar surface area (TPSA) is 86.8 Å². The predicted molar refractivity (Wildman–Crippen MR) is 132 cm³/mol. The fourth-order valence-corrected chi connectivity index (χ4v) is 7.05. The number of piperidine rings is 1. The highest BCUT2D eigenvalue weighted by Crippen LogP contribution is 2.39. The average molecular weight is 534 g/mol. The number of benzene rings is 2. The molecule has 2 heterocycles. The molecule has 0 atom stereocenters. The molecule has 0 unspecified atom stereocenters. The average Bonchev–Trinajstić information content (AvgIpc) is 3.23. The summed E-state index contributed by atoms with van der Waals surface area (Å²) in [5, 5.41) is 3.02.